The van der Waals surface area contributed by atoms with Crippen LogP contribution in [-0.2, 0) is 14.4 Å². The lowest BCUT2D eigenvalue weighted by atomic mass is 10.2. The van der Waals surface area contributed by atoms with Gasteiger partial charge in [-0.1, -0.05) is 30.3 Å². The maximum absolute atomic E-state index is 10.1. The molecule has 0 spiro atoms. The molecule has 1 aromatic carbocycles. The molecule has 0 saturated carbocycles. The molecule has 0 unspecified atom stereocenters. The van der Waals surface area contributed by atoms with Crippen LogP contribution in [0.5, 0.6) is 0 Å². The molecule has 0 atom stereocenters. The Kier molecular flexibility index (Phi) is 13.7. The van der Waals surface area contributed by atoms with E-state index >= 15 is 0 Å². The van der Waals surface area contributed by atoms with Crippen LogP contribution in [0.25, 0.3) is 0 Å². The molecule has 1 heterocycles. The summed E-state index contributed by atoms with van der Waals surface area (Å²) in [6.07, 6.45) is 1.58. The van der Waals surface area contributed by atoms with Gasteiger partial charge in [-0.15, -0.1) is 0 Å². The quantitative estimate of drug-likeness (QED) is 0.562. The standard InChI is InChI=1S/C7H6O.C4H5NO2.CH5N.CH2O/c8-6-7-4-2-1-3-5-7;6-3-1-2-4(7)5-3;2*1-2/h1-6H;1-2H2,(H,5,6,7);2H2,1H3;1H2. The van der Waals surface area contributed by atoms with Crippen molar-refractivity contribution in [1.29, 1.82) is 0 Å². The van der Waals surface area contributed by atoms with Crippen LogP contribution < -0.4 is 11.1 Å². The van der Waals surface area contributed by atoms with Gasteiger partial charge in [0.2, 0.25) is 11.8 Å². The molecule has 19 heavy (non-hydrogen) atoms. The van der Waals surface area contributed by atoms with Crippen LogP contribution >= 0.6 is 0 Å². The highest BCUT2D eigenvalue weighted by Crippen LogP contribution is 1.95. The van der Waals surface area contributed by atoms with E-state index in [2.05, 4.69) is 11.1 Å². The van der Waals surface area contributed by atoms with Gasteiger partial charge >= 0.3 is 0 Å². The number of carbonyl (C=O) groups excluding carboxylic acids is 4. The first-order chi connectivity index (χ1) is 9.22. The molecule has 1 aromatic rings. The lowest BCUT2D eigenvalue weighted by molar-refractivity contribution is -0.124. The molecule has 1 fully saturated rings. The minimum absolute atomic E-state index is 0.148. The number of benzene rings is 1. The molecule has 0 radical (unpaired) electrons. The SMILES string of the molecule is C=O.CN.O=C1CCC(=O)N1.O=Cc1ccccc1. The summed E-state index contributed by atoms with van der Waals surface area (Å²) < 4.78 is 0. The fourth-order valence-corrected chi connectivity index (χ4v) is 1.04. The number of rotatable bonds is 1. The van der Waals surface area contributed by atoms with E-state index in [1.165, 1.54) is 7.05 Å². The summed E-state index contributed by atoms with van der Waals surface area (Å²) in [4.78, 5) is 38.2. The zero-order chi connectivity index (χ0) is 15.1. The molecule has 1 saturated heterocycles. The van der Waals surface area contributed by atoms with Crippen molar-refractivity contribution in [3.8, 4) is 0 Å². The van der Waals surface area contributed by atoms with E-state index in [1.54, 1.807) is 12.1 Å². The van der Waals surface area contributed by atoms with Gasteiger partial charge in [-0.25, -0.2) is 0 Å². The van der Waals surface area contributed by atoms with E-state index in [0.717, 1.165) is 11.8 Å². The van der Waals surface area contributed by atoms with E-state index in [0.29, 0.717) is 12.8 Å². The van der Waals surface area contributed by atoms with Crippen molar-refractivity contribution >= 4 is 24.9 Å². The Morgan fingerprint density at radius 2 is 1.47 bits per heavy atom. The summed E-state index contributed by atoms with van der Waals surface area (Å²) in [7, 11) is 1.50. The van der Waals surface area contributed by atoms with E-state index in [9.17, 15) is 14.4 Å². The van der Waals surface area contributed by atoms with Gasteiger partial charge in [-0.05, 0) is 7.05 Å². The first-order valence-corrected chi connectivity index (χ1v) is 5.42. The van der Waals surface area contributed by atoms with Crippen molar-refractivity contribution in [3.05, 3.63) is 35.9 Å². The summed E-state index contributed by atoms with van der Waals surface area (Å²) in [6.45, 7) is 2.00. The lowest BCUT2D eigenvalue weighted by Gasteiger charge is -1.81. The Morgan fingerprint density at radius 1 is 1.05 bits per heavy atom. The number of carbonyl (C=O) groups is 4. The Bertz CT molecular complexity index is 365. The summed E-state index contributed by atoms with van der Waals surface area (Å²) in [6, 6.07) is 9.10. The summed E-state index contributed by atoms with van der Waals surface area (Å²) in [5, 5.41) is 2.14. The second kappa shape index (κ2) is 13.7. The molecule has 3 N–H and O–H groups in total. The topological polar surface area (TPSA) is 106 Å². The Labute approximate surface area is 112 Å². The molecule has 0 aromatic heterocycles. The van der Waals surface area contributed by atoms with Gasteiger partial charge in [-0.2, -0.15) is 0 Å². The van der Waals surface area contributed by atoms with Gasteiger partial charge in [-0.3, -0.25) is 19.7 Å². The highest BCUT2D eigenvalue weighted by Gasteiger charge is 2.15. The summed E-state index contributed by atoms with van der Waals surface area (Å²) in [5.41, 5.74) is 5.23. The van der Waals surface area contributed by atoms with E-state index in [-0.39, 0.29) is 11.8 Å². The molecule has 2 rings (SSSR count). The zero-order valence-corrected chi connectivity index (χ0v) is 10.8. The molecule has 1 aliphatic heterocycles. The highest BCUT2D eigenvalue weighted by atomic mass is 16.2. The molecular formula is C13H18N2O4. The van der Waals surface area contributed by atoms with Crippen LogP contribution in [0, 0.1) is 0 Å². The normalized spacial score (nSPS) is 11.5. The number of hydrogen-bond donors (Lipinski definition) is 2. The van der Waals surface area contributed by atoms with Crippen molar-refractivity contribution < 1.29 is 19.2 Å². The number of aldehydes is 1. The van der Waals surface area contributed by atoms with Crippen LogP contribution in [0.1, 0.15) is 23.2 Å². The van der Waals surface area contributed by atoms with Crippen molar-refractivity contribution in [2.75, 3.05) is 7.05 Å². The van der Waals surface area contributed by atoms with Crippen LogP contribution in [0.3, 0.4) is 0 Å². The van der Waals surface area contributed by atoms with Gasteiger partial charge in [0.25, 0.3) is 0 Å². The lowest BCUT2D eigenvalue weighted by Crippen LogP contribution is -2.18. The molecule has 6 heteroatoms. The molecule has 2 amide bonds. The van der Waals surface area contributed by atoms with Gasteiger partial charge in [0.05, 0.1) is 0 Å². The summed E-state index contributed by atoms with van der Waals surface area (Å²) in [5.74, 6) is -0.296. The molecule has 6 nitrogen and oxygen atoms in total. The predicted octanol–water partition coefficient (Wildman–Crippen LogP) is 0.312. The number of imide groups is 1. The average molecular weight is 266 g/mol. The van der Waals surface area contributed by atoms with E-state index in [1.807, 2.05) is 25.0 Å². The van der Waals surface area contributed by atoms with Crippen molar-refractivity contribution in [2.45, 2.75) is 12.8 Å². The third kappa shape index (κ3) is 10.5. The maximum Gasteiger partial charge on any atom is 0.227 e. The largest absolute Gasteiger partial charge is 0.333 e. The first-order valence-electron chi connectivity index (χ1n) is 5.42. The van der Waals surface area contributed by atoms with E-state index in [4.69, 9.17) is 4.79 Å². The zero-order valence-electron chi connectivity index (χ0n) is 10.8. The van der Waals surface area contributed by atoms with Crippen molar-refractivity contribution in [2.24, 2.45) is 5.73 Å². The minimum Gasteiger partial charge on any atom is -0.333 e. The van der Waals surface area contributed by atoms with Gasteiger partial charge < -0.3 is 10.5 Å². The fourth-order valence-electron chi connectivity index (χ4n) is 1.04. The monoisotopic (exact) mass is 266 g/mol. The van der Waals surface area contributed by atoms with Crippen LogP contribution in [-0.4, -0.2) is 31.9 Å². The number of nitrogens with one attached hydrogen (secondary N) is 1. The molecule has 0 bridgehead atoms. The van der Waals surface area contributed by atoms with Crippen LogP contribution in [0.4, 0.5) is 0 Å². The number of hydrogen-bond acceptors (Lipinski definition) is 5. The first kappa shape index (κ1) is 19.0. The summed E-state index contributed by atoms with van der Waals surface area (Å²) >= 11 is 0. The predicted molar refractivity (Wildman–Crippen MR) is 71.4 cm³/mol. The molecule has 104 valence electrons. The second-order valence-corrected chi connectivity index (χ2v) is 3.00. The Morgan fingerprint density at radius 3 is 1.68 bits per heavy atom. The van der Waals surface area contributed by atoms with Crippen molar-refractivity contribution in [1.82, 2.24) is 5.32 Å². The smallest absolute Gasteiger partial charge is 0.227 e. The van der Waals surface area contributed by atoms with Crippen LogP contribution in [0.15, 0.2) is 30.3 Å². The molecule has 0 aliphatic carbocycles. The third-order valence-corrected chi connectivity index (χ3v) is 1.79. The van der Waals surface area contributed by atoms with Crippen molar-refractivity contribution in [3.63, 3.8) is 0 Å². The van der Waals surface area contributed by atoms with Gasteiger partial charge in [0, 0.05) is 18.4 Å². The minimum atomic E-state index is -0.148. The second-order valence-electron chi connectivity index (χ2n) is 3.00. The van der Waals surface area contributed by atoms with Crippen LogP contribution in [0.2, 0.25) is 0 Å². The Balaban J connectivity index is 0. The van der Waals surface area contributed by atoms with Gasteiger partial charge in [0.15, 0.2) is 0 Å². The number of amides is 2. The highest BCUT2D eigenvalue weighted by molar-refractivity contribution is 6.01. The fraction of sp³-hybridized carbons (Fsp3) is 0.231. The molecule has 1 aliphatic rings. The van der Waals surface area contributed by atoms with E-state index < -0.39 is 0 Å². The maximum atomic E-state index is 10.1. The Hall–Kier alpha value is -2.34. The average Bonchev–Trinajstić information content (AvgIpc) is 2.88. The van der Waals surface area contributed by atoms with Gasteiger partial charge in [0.1, 0.15) is 13.1 Å². The molecular weight excluding hydrogens is 248 g/mol. The third-order valence-electron chi connectivity index (χ3n) is 1.79. The number of nitrogens with two attached hydrogens (primary N) is 1.